The first-order valence-electron chi connectivity index (χ1n) is 7.67. The topological polar surface area (TPSA) is 52.6 Å². The van der Waals surface area contributed by atoms with Gasteiger partial charge in [0.1, 0.15) is 5.82 Å². The molecule has 0 bridgehead atoms. The van der Waals surface area contributed by atoms with Crippen molar-refractivity contribution in [3.8, 4) is 0 Å². The van der Waals surface area contributed by atoms with Crippen LogP contribution in [0.4, 0.5) is 15.8 Å². The van der Waals surface area contributed by atoms with Crippen LogP contribution in [0, 0.1) is 5.82 Å². The van der Waals surface area contributed by atoms with E-state index in [-0.39, 0.29) is 30.6 Å². The zero-order chi connectivity index (χ0) is 17.1. The van der Waals surface area contributed by atoms with Gasteiger partial charge in [0.15, 0.2) is 0 Å². The van der Waals surface area contributed by atoms with E-state index >= 15 is 0 Å². The predicted molar refractivity (Wildman–Crippen MR) is 93.3 cm³/mol. The first kappa shape index (κ1) is 16.4. The number of carbonyl (C=O) groups is 2. The molecule has 2 heterocycles. The Bertz CT molecular complexity index is 748. The standard InChI is InChI=1S/C17H18FN3O2S/c1-20-7-8-21(14-3-2-13(18)10-15(14)20)16(22)4-6-19-17(23)12-5-9-24-11-12/h2-3,5,9-11H,4,6-8H2,1H3,(H,19,23). The number of hydrogen-bond donors (Lipinski definition) is 1. The Morgan fingerprint density at radius 1 is 1.25 bits per heavy atom. The molecule has 1 aliphatic heterocycles. The molecule has 3 rings (SSSR count). The second-order valence-corrected chi connectivity index (χ2v) is 6.40. The first-order valence-corrected chi connectivity index (χ1v) is 8.62. The third-order valence-electron chi connectivity index (χ3n) is 4.01. The molecule has 0 aliphatic carbocycles. The number of anilines is 2. The van der Waals surface area contributed by atoms with E-state index in [2.05, 4.69) is 5.32 Å². The SMILES string of the molecule is CN1CCN(C(=O)CCNC(=O)c2ccsc2)c2ccc(F)cc21. The summed E-state index contributed by atoms with van der Waals surface area (Å²) in [4.78, 5) is 27.9. The second-order valence-electron chi connectivity index (χ2n) is 5.62. The van der Waals surface area contributed by atoms with Crippen LogP contribution in [-0.4, -0.2) is 38.5 Å². The molecule has 1 N–H and O–H groups in total. The van der Waals surface area contributed by atoms with Gasteiger partial charge in [-0.3, -0.25) is 9.59 Å². The molecule has 126 valence electrons. The third-order valence-corrected chi connectivity index (χ3v) is 4.69. The summed E-state index contributed by atoms with van der Waals surface area (Å²) in [7, 11) is 1.88. The molecule has 1 aromatic heterocycles. The van der Waals surface area contributed by atoms with Crippen molar-refractivity contribution in [2.24, 2.45) is 0 Å². The Balaban J connectivity index is 1.62. The van der Waals surface area contributed by atoms with Gasteiger partial charge in [0.05, 0.1) is 11.4 Å². The number of nitrogens with zero attached hydrogens (tertiary/aromatic N) is 2. The summed E-state index contributed by atoms with van der Waals surface area (Å²) in [6.45, 7) is 1.46. The number of thiophene rings is 1. The maximum Gasteiger partial charge on any atom is 0.252 e. The van der Waals surface area contributed by atoms with Crippen molar-refractivity contribution >= 4 is 34.5 Å². The van der Waals surface area contributed by atoms with Gasteiger partial charge in [-0.2, -0.15) is 11.3 Å². The van der Waals surface area contributed by atoms with Crippen LogP contribution in [0.1, 0.15) is 16.8 Å². The van der Waals surface area contributed by atoms with Crippen LogP contribution in [0.5, 0.6) is 0 Å². The third kappa shape index (κ3) is 3.41. The Labute approximate surface area is 143 Å². The van der Waals surface area contributed by atoms with Gasteiger partial charge in [0, 0.05) is 44.0 Å². The monoisotopic (exact) mass is 347 g/mol. The van der Waals surface area contributed by atoms with Gasteiger partial charge in [-0.05, 0) is 29.6 Å². The Morgan fingerprint density at radius 3 is 2.83 bits per heavy atom. The fraction of sp³-hybridized carbons (Fsp3) is 0.294. The molecule has 0 spiro atoms. The van der Waals surface area contributed by atoms with E-state index in [4.69, 9.17) is 0 Å². The molecule has 24 heavy (non-hydrogen) atoms. The molecule has 0 saturated carbocycles. The first-order chi connectivity index (χ1) is 11.6. The van der Waals surface area contributed by atoms with E-state index < -0.39 is 0 Å². The number of likely N-dealkylation sites (N-methyl/N-ethyl adjacent to an activating group) is 1. The van der Waals surface area contributed by atoms with Crippen molar-refractivity contribution < 1.29 is 14.0 Å². The van der Waals surface area contributed by atoms with Gasteiger partial charge in [-0.25, -0.2) is 4.39 Å². The van der Waals surface area contributed by atoms with E-state index in [1.807, 2.05) is 17.3 Å². The van der Waals surface area contributed by atoms with Gasteiger partial charge in [-0.15, -0.1) is 0 Å². The summed E-state index contributed by atoms with van der Waals surface area (Å²) in [6.07, 6.45) is 0.205. The lowest BCUT2D eigenvalue weighted by atomic mass is 10.1. The van der Waals surface area contributed by atoms with Crippen molar-refractivity contribution in [1.29, 1.82) is 0 Å². The molecule has 1 aromatic carbocycles. The van der Waals surface area contributed by atoms with Gasteiger partial charge in [-0.1, -0.05) is 0 Å². The van der Waals surface area contributed by atoms with E-state index in [0.29, 0.717) is 30.0 Å². The number of nitrogens with one attached hydrogen (secondary N) is 1. The van der Waals surface area contributed by atoms with Crippen LogP contribution in [0.2, 0.25) is 0 Å². The summed E-state index contributed by atoms with van der Waals surface area (Å²) in [5.74, 6) is -0.579. The Hall–Kier alpha value is -2.41. The van der Waals surface area contributed by atoms with Gasteiger partial charge in [0.2, 0.25) is 5.91 Å². The number of fused-ring (bicyclic) bond motifs is 1. The highest BCUT2D eigenvalue weighted by atomic mass is 32.1. The fourth-order valence-corrected chi connectivity index (χ4v) is 3.33. The lowest BCUT2D eigenvalue weighted by Gasteiger charge is -2.35. The van der Waals surface area contributed by atoms with E-state index in [1.165, 1.54) is 23.5 Å². The van der Waals surface area contributed by atoms with Crippen LogP contribution < -0.4 is 15.1 Å². The molecular formula is C17H18FN3O2S. The largest absolute Gasteiger partial charge is 0.371 e. The molecule has 0 saturated heterocycles. The zero-order valence-electron chi connectivity index (χ0n) is 13.3. The van der Waals surface area contributed by atoms with Crippen LogP contribution in [0.15, 0.2) is 35.0 Å². The van der Waals surface area contributed by atoms with Crippen molar-refractivity contribution in [3.05, 3.63) is 46.4 Å². The fourth-order valence-electron chi connectivity index (χ4n) is 2.69. The summed E-state index contributed by atoms with van der Waals surface area (Å²) in [6, 6.07) is 6.17. The molecule has 0 unspecified atom stereocenters. The van der Waals surface area contributed by atoms with Crippen LogP contribution >= 0.6 is 11.3 Å². The van der Waals surface area contributed by atoms with Crippen LogP contribution in [0.25, 0.3) is 0 Å². The smallest absolute Gasteiger partial charge is 0.252 e. The number of benzene rings is 1. The lowest BCUT2D eigenvalue weighted by molar-refractivity contribution is -0.118. The Kier molecular flexibility index (Phi) is 4.80. The average Bonchev–Trinajstić information content (AvgIpc) is 3.10. The molecule has 5 nitrogen and oxygen atoms in total. The summed E-state index contributed by atoms with van der Waals surface area (Å²) >= 11 is 1.45. The van der Waals surface area contributed by atoms with E-state index in [9.17, 15) is 14.0 Å². The number of carbonyl (C=O) groups excluding carboxylic acids is 2. The summed E-state index contributed by atoms with van der Waals surface area (Å²) < 4.78 is 13.4. The molecular weight excluding hydrogens is 329 g/mol. The van der Waals surface area contributed by atoms with Gasteiger partial charge >= 0.3 is 0 Å². The number of rotatable bonds is 4. The molecule has 0 radical (unpaired) electrons. The highest BCUT2D eigenvalue weighted by Gasteiger charge is 2.25. The summed E-state index contributed by atoms with van der Waals surface area (Å²) in [5, 5.41) is 6.35. The lowest BCUT2D eigenvalue weighted by Crippen LogP contribution is -2.43. The molecule has 7 heteroatoms. The highest BCUT2D eigenvalue weighted by molar-refractivity contribution is 7.08. The predicted octanol–water partition coefficient (Wildman–Crippen LogP) is 2.49. The number of hydrogen-bond acceptors (Lipinski definition) is 4. The van der Waals surface area contributed by atoms with Crippen molar-refractivity contribution in [2.75, 3.05) is 36.5 Å². The highest BCUT2D eigenvalue weighted by Crippen LogP contribution is 2.33. The quantitative estimate of drug-likeness (QED) is 0.924. The average molecular weight is 347 g/mol. The molecule has 2 amide bonds. The van der Waals surface area contributed by atoms with Crippen molar-refractivity contribution in [3.63, 3.8) is 0 Å². The minimum Gasteiger partial charge on any atom is -0.371 e. The van der Waals surface area contributed by atoms with Crippen LogP contribution in [0.3, 0.4) is 0 Å². The summed E-state index contributed by atoms with van der Waals surface area (Å²) in [5.41, 5.74) is 2.02. The van der Waals surface area contributed by atoms with Crippen LogP contribution in [-0.2, 0) is 4.79 Å². The minimum absolute atomic E-state index is 0.0819. The molecule has 0 atom stereocenters. The van der Waals surface area contributed by atoms with Gasteiger partial charge < -0.3 is 15.1 Å². The normalized spacial score (nSPS) is 13.6. The minimum atomic E-state index is -0.321. The van der Waals surface area contributed by atoms with E-state index in [0.717, 1.165) is 0 Å². The molecule has 1 aliphatic rings. The van der Waals surface area contributed by atoms with Crippen molar-refractivity contribution in [2.45, 2.75) is 6.42 Å². The molecule has 2 aromatic rings. The maximum absolute atomic E-state index is 13.4. The second kappa shape index (κ2) is 7.00. The maximum atomic E-state index is 13.4. The number of halogens is 1. The Morgan fingerprint density at radius 2 is 2.08 bits per heavy atom. The van der Waals surface area contributed by atoms with E-state index in [1.54, 1.807) is 22.4 Å². The number of amides is 2. The van der Waals surface area contributed by atoms with Crippen molar-refractivity contribution in [1.82, 2.24) is 5.32 Å². The molecule has 0 fully saturated rings. The van der Waals surface area contributed by atoms with Gasteiger partial charge in [0.25, 0.3) is 5.91 Å². The zero-order valence-corrected chi connectivity index (χ0v) is 14.1.